The summed E-state index contributed by atoms with van der Waals surface area (Å²) in [6, 6.07) is 0. The van der Waals surface area contributed by atoms with Gasteiger partial charge < -0.3 is 10.4 Å². The molecule has 0 saturated carbocycles. The third-order valence-electron chi connectivity index (χ3n) is 1.74. The topological polar surface area (TPSA) is 45.2 Å². The molecular formula is C9H16N2OS. The van der Waals surface area contributed by atoms with Crippen LogP contribution in [0.3, 0.4) is 0 Å². The number of aliphatic hydroxyl groups is 1. The smallest absolute Gasteiger partial charge is 0.107 e. The van der Waals surface area contributed by atoms with E-state index in [9.17, 15) is 0 Å². The molecule has 0 amide bonds. The maximum Gasteiger partial charge on any atom is 0.107 e. The molecule has 0 unspecified atom stereocenters. The van der Waals surface area contributed by atoms with Gasteiger partial charge in [-0.2, -0.15) is 0 Å². The first-order valence-electron chi connectivity index (χ1n) is 4.61. The monoisotopic (exact) mass is 200 g/mol. The molecule has 0 aliphatic rings. The summed E-state index contributed by atoms with van der Waals surface area (Å²) in [5.41, 5.74) is 0.775. The Bertz CT molecular complexity index is 237. The van der Waals surface area contributed by atoms with Crippen LogP contribution in [0.15, 0.2) is 5.38 Å². The largest absolute Gasteiger partial charge is 0.390 e. The number of thiazole rings is 1. The van der Waals surface area contributed by atoms with Crippen LogP contribution in [0.5, 0.6) is 0 Å². The second-order valence-corrected chi connectivity index (χ2v) is 3.86. The van der Waals surface area contributed by atoms with Crippen molar-refractivity contribution in [3.8, 4) is 0 Å². The van der Waals surface area contributed by atoms with E-state index in [1.54, 1.807) is 11.3 Å². The number of hydrogen-bond acceptors (Lipinski definition) is 4. The number of rotatable bonds is 6. The summed E-state index contributed by atoms with van der Waals surface area (Å²) < 4.78 is 0. The van der Waals surface area contributed by atoms with E-state index in [0.717, 1.165) is 23.8 Å². The van der Waals surface area contributed by atoms with Gasteiger partial charge in [0, 0.05) is 11.9 Å². The van der Waals surface area contributed by atoms with Crippen molar-refractivity contribution in [1.82, 2.24) is 10.3 Å². The number of nitrogens with zero attached hydrogens (tertiary/aromatic N) is 1. The number of unbranched alkanes of at least 4 members (excludes halogenated alkanes) is 1. The summed E-state index contributed by atoms with van der Waals surface area (Å²) in [5.74, 6) is 0. The van der Waals surface area contributed by atoms with Crippen molar-refractivity contribution < 1.29 is 5.11 Å². The highest BCUT2D eigenvalue weighted by Gasteiger charge is 1.99. The van der Waals surface area contributed by atoms with Gasteiger partial charge >= 0.3 is 0 Å². The van der Waals surface area contributed by atoms with E-state index < -0.39 is 0 Å². The summed E-state index contributed by atoms with van der Waals surface area (Å²) in [4.78, 5) is 4.23. The lowest BCUT2D eigenvalue weighted by Gasteiger charge is -1.99. The normalized spacial score (nSPS) is 10.6. The fourth-order valence-corrected chi connectivity index (χ4v) is 1.75. The Balaban J connectivity index is 2.20. The average molecular weight is 200 g/mol. The highest BCUT2D eigenvalue weighted by molar-refractivity contribution is 7.09. The molecule has 0 saturated heterocycles. The SMILES string of the molecule is CCCCNCc1nc(CO)cs1. The lowest BCUT2D eigenvalue weighted by Crippen LogP contribution is -2.14. The van der Waals surface area contributed by atoms with Crippen LogP contribution < -0.4 is 5.32 Å². The predicted octanol–water partition coefficient (Wildman–Crippen LogP) is 1.53. The van der Waals surface area contributed by atoms with Gasteiger partial charge in [-0.1, -0.05) is 13.3 Å². The van der Waals surface area contributed by atoms with Crippen molar-refractivity contribution >= 4 is 11.3 Å². The molecule has 13 heavy (non-hydrogen) atoms. The molecule has 0 bridgehead atoms. The van der Waals surface area contributed by atoms with Crippen LogP contribution >= 0.6 is 11.3 Å². The molecule has 1 aromatic heterocycles. The first-order valence-corrected chi connectivity index (χ1v) is 5.49. The van der Waals surface area contributed by atoms with Crippen LogP contribution in [0.25, 0.3) is 0 Å². The van der Waals surface area contributed by atoms with Crippen LogP contribution in [0, 0.1) is 0 Å². The van der Waals surface area contributed by atoms with Crippen LogP contribution in [0.4, 0.5) is 0 Å². The Morgan fingerprint density at radius 2 is 2.46 bits per heavy atom. The van der Waals surface area contributed by atoms with Crippen molar-refractivity contribution in [1.29, 1.82) is 0 Å². The zero-order chi connectivity index (χ0) is 9.52. The Labute approximate surface area is 82.8 Å². The summed E-state index contributed by atoms with van der Waals surface area (Å²) in [6.45, 7) is 4.09. The number of nitrogens with one attached hydrogen (secondary N) is 1. The minimum atomic E-state index is 0.0471. The fourth-order valence-electron chi connectivity index (χ4n) is 1.000. The van der Waals surface area contributed by atoms with Gasteiger partial charge in [-0.25, -0.2) is 4.98 Å². The second-order valence-electron chi connectivity index (χ2n) is 2.92. The molecule has 0 aliphatic carbocycles. The van der Waals surface area contributed by atoms with E-state index in [-0.39, 0.29) is 6.61 Å². The number of aliphatic hydroxyl groups excluding tert-OH is 1. The molecule has 0 atom stereocenters. The quantitative estimate of drug-likeness (QED) is 0.684. The maximum atomic E-state index is 8.78. The number of hydrogen-bond donors (Lipinski definition) is 2. The number of aromatic nitrogens is 1. The third kappa shape index (κ3) is 3.85. The summed E-state index contributed by atoms with van der Waals surface area (Å²) in [6.07, 6.45) is 2.42. The minimum Gasteiger partial charge on any atom is -0.390 e. The molecule has 74 valence electrons. The average Bonchev–Trinajstić information content (AvgIpc) is 2.60. The first kappa shape index (κ1) is 10.6. The molecule has 3 nitrogen and oxygen atoms in total. The van der Waals surface area contributed by atoms with E-state index in [1.165, 1.54) is 12.8 Å². The van der Waals surface area contributed by atoms with Gasteiger partial charge in [-0.3, -0.25) is 0 Å². The lowest BCUT2D eigenvalue weighted by molar-refractivity contribution is 0.277. The van der Waals surface area contributed by atoms with Crippen LogP contribution in [-0.2, 0) is 13.2 Å². The zero-order valence-corrected chi connectivity index (χ0v) is 8.73. The molecule has 0 fully saturated rings. The third-order valence-corrected chi connectivity index (χ3v) is 2.64. The maximum absolute atomic E-state index is 8.78. The van der Waals surface area contributed by atoms with Crippen molar-refractivity contribution in [2.75, 3.05) is 6.54 Å². The lowest BCUT2D eigenvalue weighted by atomic mass is 10.3. The van der Waals surface area contributed by atoms with Crippen molar-refractivity contribution in [3.05, 3.63) is 16.1 Å². The van der Waals surface area contributed by atoms with Gasteiger partial charge in [0.05, 0.1) is 12.3 Å². The van der Waals surface area contributed by atoms with Gasteiger partial charge in [0.25, 0.3) is 0 Å². The highest BCUT2D eigenvalue weighted by Crippen LogP contribution is 2.08. The molecule has 1 aromatic rings. The van der Waals surface area contributed by atoms with Gasteiger partial charge in [0.1, 0.15) is 5.01 Å². The highest BCUT2D eigenvalue weighted by atomic mass is 32.1. The predicted molar refractivity (Wildman–Crippen MR) is 54.7 cm³/mol. The van der Waals surface area contributed by atoms with Crippen molar-refractivity contribution in [2.45, 2.75) is 32.9 Å². The fraction of sp³-hybridized carbons (Fsp3) is 0.667. The van der Waals surface area contributed by atoms with Gasteiger partial charge in [0.2, 0.25) is 0 Å². The first-order chi connectivity index (χ1) is 6.36. The van der Waals surface area contributed by atoms with Gasteiger partial charge in [0.15, 0.2) is 0 Å². The second kappa shape index (κ2) is 6.07. The molecule has 4 heteroatoms. The Kier molecular flexibility index (Phi) is 4.97. The molecule has 1 heterocycles. The summed E-state index contributed by atoms with van der Waals surface area (Å²) in [5, 5.41) is 15.0. The Hall–Kier alpha value is -0.450. The molecule has 0 aromatic carbocycles. The van der Waals surface area contributed by atoms with Crippen molar-refractivity contribution in [2.24, 2.45) is 0 Å². The summed E-state index contributed by atoms with van der Waals surface area (Å²) >= 11 is 1.60. The van der Waals surface area contributed by atoms with E-state index in [2.05, 4.69) is 17.2 Å². The molecule has 2 N–H and O–H groups in total. The Morgan fingerprint density at radius 3 is 3.08 bits per heavy atom. The molecule has 1 rings (SSSR count). The van der Waals surface area contributed by atoms with E-state index >= 15 is 0 Å². The van der Waals surface area contributed by atoms with Crippen LogP contribution in [0.2, 0.25) is 0 Å². The van der Waals surface area contributed by atoms with E-state index in [1.807, 2.05) is 5.38 Å². The van der Waals surface area contributed by atoms with E-state index in [0.29, 0.717) is 0 Å². The standard InChI is InChI=1S/C9H16N2OS/c1-2-3-4-10-5-9-11-8(6-12)7-13-9/h7,10,12H,2-6H2,1H3. The van der Waals surface area contributed by atoms with Gasteiger partial charge in [-0.05, 0) is 13.0 Å². The molecule has 0 radical (unpaired) electrons. The zero-order valence-electron chi connectivity index (χ0n) is 7.92. The molecule has 0 aliphatic heterocycles. The van der Waals surface area contributed by atoms with Crippen molar-refractivity contribution in [3.63, 3.8) is 0 Å². The minimum absolute atomic E-state index is 0.0471. The van der Waals surface area contributed by atoms with E-state index in [4.69, 9.17) is 5.11 Å². The van der Waals surface area contributed by atoms with Crippen LogP contribution in [0.1, 0.15) is 30.5 Å². The molecular weight excluding hydrogens is 184 g/mol. The van der Waals surface area contributed by atoms with Gasteiger partial charge in [-0.15, -0.1) is 11.3 Å². The Morgan fingerprint density at radius 1 is 1.62 bits per heavy atom. The van der Waals surface area contributed by atoms with Crippen LogP contribution in [-0.4, -0.2) is 16.6 Å². The molecule has 0 spiro atoms. The summed E-state index contributed by atoms with van der Waals surface area (Å²) in [7, 11) is 0.